The molecular formula is C9H18ClF3N2. The predicted octanol–water partition coefficient (Wildman–Crippen LogP) is 2.04. The molecule has 0 bridgehead atoms. The van der Waals surface area contributed by atoms with Crippen LogP contribution in [-0.4, -0.2) is 43.3 Å². The third-order valence-electron chi connectivity index (χ3n) is 2.44. The molecule has 92 valence electrons. The monoisotopic (exact) mass is 246 g/mol. The Hall–Kier alpha value is 0. The van der Waals surface area contributed by atoms with E-state index >= 15 is 0 Å². The zero-order chi connectivity index (χ0) is 10.6. The van der Waals surface area contributed by atoms with Gasteiger partial charge in [0.05, 0.1) is 6.54 Å². The SMILES string of the molecule is CCCN(CC(F)(F)F)C1CCNC1.Cl. The van der Waals surface area contributed by atoms with E-state index in [2.05, 4.69) is 5.32 Å². The Labute approximate surface area is 94.6 Å². The normalized spacial score (nSPS) is 21.8. The summed E-state index contributed by atoms with van der Waals surface area (Å²) >= 11 is 0. The molecule has 15 heavy (non-hydrogen) atoms. The van der Waals surface area contributed by atoms with Crippen molar-refractivity contribution >= 4 is 12.4 Å². The molecule has 1 atom stereocenters. The highest BCUT2D eigenvalue weighted by molar-refractivity contribution is 5.85. The molecule has 0 aromatic rings. The van der Waals surface area contributed by atoms with E-state index in [0.29, 0.717) is 13.1 Å². The molecule has 6 heteroatoms. The fourth-order valence-electron chi connectivity index (χ4n) is 1.86. The topological polar surface area (TPSA) is 15.3 Å². The number of alkyl halides is 3. The first-order valence-electron chi connectivity index (χ1n) is 5.04. The Bertz CT molecular complexity index is 169. The number of hydrogen-bond donors (Lipinski definition) is 1. The van der Waals surface area contributed by atoms with Gasteiger partial charge in [0, 0.05) is 12.6 Å². The Kier molecular flexibility index (Phi) is 6.55. The fourth-order valence-corrected chi connectivity index (χ4v) is 1.86. The van der Waals surface area contributed by atoms with Gasteiger partial charge in [0.2, 0.25) is 0 Å². The van der Waals surface area contributed by atoms with Crippen LogP contribution in [0, 0.1) is 0 Å². The van der Waals surface area contributed by atoms with Gasteiger partial charge in [0.15, 0.2) is 0 Å². The van der Waals surface area contributed by atoms with Crippen LogP contribution in [0.3, 0.4) is 0 Å². The molecule has 0 aliphatic carbocycles. The molecule has 1 heterocycles. The number of nitrogens with one attached hydrogen (secondary N) is 1. The van der Waals surface area contributed by atoms with E-state index in [1.165, 1.54) is 0 Å². The van der Waals surface area contributed by atoms with Crippen LogP contribution in [0.5, 0.6) is 0 Å². The van der Waals surface area contributed by atoms with Crippen molar-refractivity contribution in [1.29, 1.82) is 0 Å². The summed E-state index contributed by atoms with van der Waals surface area (Å²) in [5.41, 5.74) is 0. The first-order chi connectivity index (χ1) is 6.53. The second-order valence-electron chi connectivity index (χ2n) is 3.73. The number of halogens is 4. The van der Waals surface area contributed by atoms with E-state index in [1.807, 2.05) is 6.92 Å². The average Bonchev–Trinajstić information content (AvgIpc) is 2.52. The molecule has 0 spiro atoms. The summed E-state index contributed by atoms with van der Waals surface area (Å²) in [5, 5.41) is 3.09. The molecule has 1 aliphatic rings. The van der Waals surface area contributed by atoms with Gasteiger partial charge >= 0.3 is 6.18 Å². The summed E-state index contributed by atoms with van der Waals surface area (Å²) in [5.74, 6) is 0. The number of hydrogen-bond acceptors (Lipinski definition) is 2. The fraction of sp³-hybridized carbons (Fsp3) is 1.00. The van der Waals surface area contributed by atoms with Crippen LogP contribution in [0.1, 0.15) is 19.8 Å². The zero-order valence-corrected chi connectivity index (χ0v) is 9.63. The highest BCUT2D eigenvalue weighted by atomic mass is 35.5. The first kappa shape index (κ1) is 15.0. The lowest BCUT2D eigenvalue weighted by Crippen LogP contribution is -2.43. The average molecular weight is 247 g/mol. The highest BCUT2D eigenvalue weighted by Crippen LogP contribution is 2.20. The van der Waals surface area contributed by atoms with Crippen molar-refractivity contribution in [2.45, 2.75) is 32.0 Å². The largest absolute Gasteiger partial charge is 0.401 e. The molecule has 1 unspecified atom stereocenters. The van der Waals surface area contributed by atoms with Crippen LogP contribution in [0.15, 0.2) is 0 Å². The molecule has 0 aromatic carbocycles. The van der Waals surface area contributed by atoms with Gasteiger partial charge < -0.3 is 5.32 Å². The quantitative estimate of drug-likeness (QED) is 0.817. The lowest BCUT2D eigenvalue weighted by Gasteiger charge is -2.28. The molecule has 1 fully saturated rings. The van der Waals surface area contributed by atoms with Gasteiger partial charge in [0.25, 0.3) is 0 Å². The van der Waals surface area contributed by atoms with E-state index in [4.69, 9.17) is 0 Å². The standard InChI is InChI=1S/C9H17F3N2.ClH/c1-2-5-14(7-9(10,11)12)8-3-4-13-6-8;/h8,13H,2-7H2,1H3;1H. The molecule has 0 amide bonds. The van der Waals surface area contributed by atoms with E-state index in [1.54, 1.807) is 4.90 Å². The van der Waals surface area contributed by atoms with Crippen molar-refractivity contribution < 1.29 is 13.2 Å². The van der Waals surface area contributed by atoms with E-state index < -0.39 is 12.7 Å². The van der Waals surface area contributed by atoms with Gasteiger partial charge in [0.1, 0.15) is 0 Å². The van der Waals surface area contributed by atoms with Crippen LogP contribution in [-0.2, 0) is 0 Å². The van der Waals surface area contributed by atoms with Crippen molar-refractivity contribution in [2.75, 3.05) is 26.2 Å². The number of rotatable bonds is 4. The second kappa shape index (κ2) is 6.55. The minimum atomic E-state index is -4.07. The summed E-state index contributed by atoms with van der Waals surface area (Å²) in [6, 6.07) is 0.0663. The lowest BCUT2D eigenvalue weighted by atomic mass is 10.2. The maximum Gasteiger partial charge on any atom is 0.401 e. The molecule has 1 rings (SSSR count). The minimum Gasteiger partial charge on any atom is -0.315 e. The van der Waals surface area contributed by atoms with E-state index in [0.717, 1.165) is 19.4 Å². The Morgan fingerprint density at radius 3 is 2.47 bits per heavy atom. The van der Waals surface area contributed by atoms with Crippen molar-refractivity contribution in [1.82, 2.24) is 10.2 Å². The molecule has 0 saturated carbocycles. The number of nitrogens with zero attached hydrogens (tertiary/aromatic N) is 1. The summed E-state index contributed by atoms with van der Waals surface area (Å²) in [6.45, 7) is 3.20. The molecule has 1 N–H and O–H groups in total. The third-order valence-corrected chi connectivity index (χ3v) is 2.44. The maximum absolute atomic E-state index is 12.2. The molecular weight excluding hydrogens is 229 g/mol. The summed E-state index contributed by atoms with van der Waals surface area (Å²) in [6.07, 6.45) is -2.47. The molecule has 2 nitrogen and oxygen atoms in total. The van der Waals surface area contributed by atoms with Crippen molar-refractivity contribution in [3.63, 3.8) is 0 Å². The van der Waals surface area contributed by atoms with Crippen molar-refractivity contribution in [3.05, 3.63) is 0 Å². The van der Waals surface area contributed by atoms with Gasteiger partial charge in [-0.2, -0.15) is 13.2 Å². The van der Waals surface area contributed by atoms with Crippen molar-refractivity contribution in [2.24, 2.45) is 0 Å². The summed E-state index contributed by atoms with van der Waals surface area (Å²) in [7, 11) is 0. The Balaban J connectivity index is 0.00000196. The van der Waals surface area contributed by atoms with Crippen LogP contribution >= 0.6 is 12.4 Å². The summed E-state index contributed by atoms with van der Waals surface area (Å²) in [4.78, 5) is 1.54. The zero-order valence-electron chi connectivity index (χ0n) is 8.81. The van der Waals surface area contributed by atoms with Gasteiger partial charge in [-0.05, 0) is 25.9 Å². The van der Waals surface area contributed by atoms with Gasteiger partial charge in [-0.15, -0.1) is 12.4 Å². The van der Waals surface area contributed by atoms with Crippen LogP contribution in [0.25, 0.3) is 0 Å². The Morgan fingerprint density at radius 1 is 1.40 bits per heavy atom. The first-order valence-corrected chi connectivity index (χ1v) is 5.04. The molecule has 0 aromatic heterocycles. The smallest absolute Gasteiger partial charge is 0.315 e. The highest BCUT2D eigenvalue weighted by Gasteiger charge is 2.34. The molecule has 1 aliphatic heterocycles. The van der Waals surface area contributed by atoms with Gasteiger partial charge in [-0.1, -0.05) is 6.92 Å². The van der Waals surface area contributed by atoms with Crippen LogP contribution in [0.4, 0.5) is 13.2 Å². The Morgan fingerprint density at radius 2 is 2.07 bits per heavy atom. The molecule has 1 saturated heterocycles. The maximum atomic E-state index is 12.2. The van der Waals surface area contributed by atoms with E-state index in [-0.39, 0.29) is 18.4 Å². The third kappa shape index (κ3) is 5.58. The lowest BCUT2D eigenvalue weighted by molar-refractivity contribution is -0.150. The van der Waals surface area contributed by atoms with Crippen LogP contribution < -0.4 is 5.32 Å². The van der Waals surface area contributed by atoms with E-state index in [9.17, 15) is 13.2 Å². The van der Waals surface area contributed by atoms with Gasteiger partial charge in [-0.25, -0.2) is 0 Å². The van der Waals surface area contributed by atoms with Gasteiger partial charge in [-0.3, -0.25) is 4.90 Å². The minimum absolute atomic E-state index is 0. The summed E-state index contributed by atoms with van der Waals surface area (Å²) < 4.78 is 36.7. The van der Waals surface area contributed by atoms with Crippen molar-refractivity contribution in [3.8, 4) is 0 Å². The second-order valence-corrected chi connectivity index (χ2v) is 3.73. The van der Waals surface area contributed by atoms with Crippen LogP contribution in [0.2, 0.25) is 0 Å². The molecule has 0 radical (unpaired) electrons. The predicted molar refractivity (Wildman–Crippen MR) is 56.4 cm³/mol.